The number of fused-ring (bicyclic) bond motifs is 1. The maximum Gasteiger partial charge on any atom is 0.109 e. The standard InChI is InChI=1S/C13H21N3O/c17-12-4-2-6-16-11(12)9-15-13(16)7-10-3-1-5-14-8-10/h9-10,12,14,17H,1-8H2. The first-order chi connectivity index (χ1) is 8.34. The minimum absolute atomic E-state index is 0.297. The van der Waals surface area contributed by atoms with Gasteiger partial charge in [0, 0.05) is 13.0 Å². The topological polar surface area (TPSA) is 50.1 Å². The van der Waals surface area contributed by atoms with Crippen LogP contribution >= 0.6 is 0 Å². The van der Waals surface area contributed by atoms with Gasteiger partial charge in [0.15, 0.2) is 0 Å². The van der Waals surface area contributed by atoms with E-state index in [1.165, 1.54) is 18.7 Å². The van der Waals surface area contributed by atoms with Gasteiger partial charge in [-0.3, -0.25) is 0 Å². The van der Waals surface area contributed by atoms with Gasteiger partial charge in [-0.2, -0.15) is 0 Å². The van der Waals surface area contributed by atoms with E-state index < -0.39 is 0 Å². The van der Waals surface area contributed by atoms with Gasteiger partial charge in [-0.25, -0.2) is 4.98 Å². The normalized spacial score (nSPS) is 29.0. The summed E-state index contributed by atoms with van der Waals surface area (Å²) in [4.78, 5) is 4.52. The molecule has 0 amide bonds. The van der Waals surface area contributed by atoms with Gasteiger partial charge in [0.05, 0.1) is 18.0 Å². The number of piperidine rings is 1. The van der Waals surface area contributed by atoms with Crippen molar-refractivity contribution in [2.75, 3.05) is 13.1 Å². The lowest BCUT2D eigenvalue weighted by Crippen LogP contribution is -2.31. The minimum Gasteiger partial charge on any atom is -0.387 e. The highest BCUT2D eigenvalue weighted by molar-refractivity contribution is 5.11. The maximum atomic E-state index is 9.91. The predicted octanol–water partition coefficient (Wildman–Crippen LogP) is 1.25. The van der Waals surface area contributed by atoms with Crippen LogP contribution in [0.5, 0.6) is 0 Å². The summed E-state index contributed by atoms with van der Waals surface area (Å²) >= 11 is 0. The van der Waals surface area contributed by atoms with Crippen molar-refractivity contribution in [3.63, 3.8) is 0 Å². The summed E-state index contributed by atoms with van der Waals surface area (Å²) in [5, 5.41) is 13.4. The molecule has 1 saturated heterocycles. The van der Waals surface area contributed by atoms with Crippen molar-refractivity contribution >= 4 is 0 Å². The molecule has 3 heterocycles. The Morgan fingerprint density at radius 2 is 2.35 bits per heavy atom. The molecule has 1 fully saturated rings. The summed E-state index contributed by atoms with van der Waals surface area (Å²) in [6.07, 6.45) is 7.17. The minimum atomic E-state index is -0.297. The number of hydrogen-bond acceptors (Lipinski definition) is 3. The van der Waals surface area contributed by atoms with Gasteiger partial charge < -0.3 is 15.0 Å². The number of aliphatic hydroxyl groups excluding tert-OH is 1. The zero-order valence-corrected chi connectivity index (χ0v) is 10.2. The van der Waals surface area contributed by atoms with Gasteiger partial charge in [0.1, 0.15) is 5.82 Å². The lowest BCUT2D eigenvalue weighted by molar-refractivity contribution is 0.138. The van der Waals surface area contributed by atoms with Crippen molar-refractivity contribution in [2.24, 2.45) is 5.92 Å². The van der Waals surface area contributed by atoms with Crippen LogP contribution in [0.2, 0.25) is 0 Å². The third-order valence-corrected chi connectivity index (χ3v) is 4.04. The molecule has 2 N–H and O–H groups in total. The van der Waals surface area contributed by atoms with Crippen molar-refractivity contribution in [3.8, 4) is 0 Å². The number of imidazole rings is 1. The fourth-order valence-electron chi connectivity index (χ4n) is 3.06. The van der Waals surface area contributed by atoms with E-state index in [1.807, 2.05) is 6.20 Å². The van der Waals surface area contributed by atoms with Crippen LogP contribution in [-0.4, -0.2) is 27.7 Å². The van der Waals surface area contributed by atoms with Gasteiger partial charge in [-0.05, 0) is 44.7 Å². The molecule has 2 unspecified atom stereocenters. The van der Waals surface area contributed by atoms with Crippen LogP contribution in [0.3, 0.4) is 0 Å². The zero-order valence-electron chi connectivity index (χ0n) is 10.2. The van der Waals surface area contributed by atoms with E-state index in [-0.39, 0.29) is 6.10 Å². The molecule has 17 heavy (non-hydrogen) atoms. The molecule has 0 aliphatic carbocycles. The smallest absolute Gasteiger partial charge is 0.109 e. The maximum absolute atomic E-state index is 9.91. The molecule has 1 aromatic rings. The van der Waals surface area contributed by atoms with Crippen LogP contribution in [0, 0.1) is 5.92 Å². The molecule has 2 aliphatic heterocycles. The Morgan fingerprint density at radius 1 is 1.41 bits per heavy atom. The van der Waals surface area contributed by atoms with Crippen molar-refractivity contribution < 1.29 is 5.11 Å². The number of nitrogens with one attached hydrogen (secondary N) is 1. The molecular weight excluding hydrogens is 214 g/mol. The van der Waals surface area contributed by atoms with Crippen LogP contribution in [0.4, 0.5) is 0 Å². The van der Waals surface area contributed by atoms with E-state index in [0.717, 1.165) is 44.6 Å². The number of aliphatic hydroxyl groups is 1. The Hall–Kier alpha value is -0.870. The van der Waals surface area contributed by atoms with Gasteiger partial charge in [0.25, 0.3) is 0 Å². The Bertz CT molecular complexity index is 382. The first kappa shape index (κ1) is 11.2. The van der Waals surface area contributed by atoms with E-state index in [2.05, 4.69) is 14.9 Å². The lowest BCUT2D eigenvalue weighted by Gasteiger charge is -2.25. The lowest BCUT2D eigenvalue weighted by atomic mass is 9.95. The molecule has 0 radical (unpaired) electrons. The highest BCUT2D eigenvalue weighted by Gasteiger charge is 2.23. The van der Waals surface area contributed by atoms with Gasteiger partial charge in [0.2, 0.25) is 0 Å². The second-order valence-electron chi connectivity index (χ2n) is 5.33. The van der Waals surface area contributed by atoms with Gasteiger partial charge >= 0.3 is 0 Å². The SMILES string of the molecule is OC1CCCn2c1cnc2CC1CCCNC1. The van der Waals surface area contributed by atoms with Crippen molar-refractivity contribution in [3.05, 3.63) is 17.7 Å². The Morgan fingerprint density at radius 3 is 3.18 bits per heavy atom. The van der Waals surface area contributed by atoms with Crippen LogP contribution in [0.25, 0.3) is 0 Å². The highest BCUT2D eigenvalue weighted by Crippen LogP contribution is 2.27. The fourth-order valence-corrected chi connectivity index (χ4v) is 3.06. The van der Waals surface area contributed by atoms with Crippen LogP contribution < -0.4 is 5.32 Å². The first-order valence-electron chi connectivity index (χ1n) is 6.77. The van der Waals surface area contributed by atoms with Crippen molar-refractivity contribution in [1.82, 2.24) is 14.9 Å². The average molecular weight is 235 g/mol. The number of rotatable bonds is 2. The largest absolute Gasteiger partial charge is 0.387 e. The number of aromatic nitrogens is 2. The molecule has 0 aromatic carbocycles. The molecule has 1 aromatic heterocycles. The number of hydrogen-bond donors (Lipinski definition) is 2. The van der Waals surface area contributed by atoms with Crippen molar-refractivity contribution in [1.29, 1.82) is 0 Å². The van der Waals surface area contributed by atoms with Gasteiger partial charge in [-0.15, -0.1) is 0 Å². The zero-order chi connectivity index (χ0) is 11.7. The first-order valence-corrected chi connectivity index (χ1v) is 6.77. The quantitative estimate of drug-likeness (QED) is 0.811. The molecule has 2 aliphatic rings. The van der Waals surface area contributed by atoms with Crippen molar-refractivity contribution in [2.45, 2.75) is 44.8 Å². The Kier molecular flexibility index (Phi) is 3.16. The van der Waals surface area contributed by atoms with E-state index >= 15 is 0 Å². The molecule has 4 heteroatoms. The molecule has 2 atom stereocenters. The highest BCUT2D eigenvalue weighted by atomic mass is 16.3. The molecule has 0 spiro atoms. The molecule has 4 nitrogen and oxygen atoms in total. The van der Waals surface area contributed by atoms with Gasteiger partial charge in [-0.1, -0.05) is 0 Å². The average Bonchev–Trinajstić information content (AvgIpc) is 2.76. The summed E-state index contributed by atoms with van der Waals surface area (Å²) in [7, 11) is 0. The monoisotopic (exact) mass is 235 g/mol. The molecule has 0 bridgehead atoms. The van der Waals surface area contributed by atoms with E-state index in [4.69, 9.17) is 0 Å². The van der Waals surface area contributed by atoms with Crippen LogP contribution in [-0.2, 0) is 13.0 Å². The van der Waals surface area contributed by atoms with Crippen LogP contribution in [0.1, 0.15) is 43.3 Å². The molecule has 94 valence electrons. The molecule has 3 rings (SSSR count). The third-order valence-electron chi connectivity index (χ3n) is 4.04. The predicted molar refractivity (Wildman–Crippen MR) is 65.7 cm³/mol. The summed E-state index contributed by atoms with van der Waals surface area (Å²) in [5.74, 6) is 1.89. The molecular formula is C13H21N3O. The number of nitrogens with zero attached hydrogens (tertiary/aromatic N) is 2. The summed E-state index contributed by atoms with van der Waals surface area (Å²) < 4.78 is 2.24. The summed E-state index contributed by atoms with van der Waals surface area (Å²) in [6, 6.07) is 0. The summed E-state index contributed by atoms with van der Waals surface area (Å²) in [5.41, 5.74) is 1.02. The Balaban J connectivity index is 1.74. The van der Waals surface area contributed by atoms with Crippen LogP contribution in [0.15, 0.2) is 6.20 Å². The summed E-state index contributed by atoms with van der Waals surface area (Å²) in [6.45, 7) is 3.31. The van der Waals surface area contributed by atoms with E-state index in [0.29, 0.717) is 5.92 Å². The second-order valence-corrected chi connectivity index (χ2v) is 5.33. The molecule has 0 saturated carbocycles. The fraction of sp³-hybridized carbons (Fsp3) is 0.769. The third kappa shape index (κ3) is 2.24. The Labute approximate surface area is 102 Å². The second kappa shape index (κ2) is 4.78. The van der Waals surface area contributed by atoms with E-state index in [1.54, 1.807) is 0 Å². The van der Waals surface area contributed by atoms with E-state index in [9.17, 15) is 5.11 Å².